The normalized spacial score (nSPS) is 25.4. The highest BCUT2D eigenvalue weighted by atomic mass is 15.2. The number of hydrogen-bond acceptors (Lipinski definition) is 3. The van der Waals surface area contributed by atoms with Gasteiger partial charge in [0.25, 0.3) is 0 Å². The Bertz CT molecular complexity index is 138. The number of nitrogens with zero attached hydrogens (tertiary/aromatic N) is 2. The Hall–Kier alpha value is -0.120. The summed E-state index contributed by atoms with van der Waals surface area (Å²) in [5.74, 6) is 0. The van der Waals surface area contributed by atoms with Crippen LogP contribution in [0.5, 0.6) is 0 Å². The maximum Gasteiger partial charge on any atom is 0.0322 e. The molecule has 0 aromatic heterocycles. The fraction of sp³-hybridized carbons (Fsp3) is 1.00. The maximum absolute atomic E-state index is 3.56. The van der Waals surface area contributed by atoms with Crippen molar-refractivity contribution in [2.24, 2.45) is 0 Å². The van der Waals surface area contributed by atoms with Gasteiger partial charge in [0, 0.05) is 32.2 Å². The molecule has 0 bridgehead atoms. The summed E-state index contributed by atoms with van der Waals surface area (Å²) in [4.78, 5) is 4.82. The molecule has 1 saturated heterocycles. The molecule has 1 atom stereocenters. The van der Waals surface area contributed by atoms with Gasteiger partial charge in [0.1, 0.15) is 0 Å². The summed E-state index contributed by atoms with van der Waals surface area (Å²) in [6.45, 7) is 8.14. The van der Waals surface area contributed by atoms with Crippen LogP contribution in [0.1, 0.15) is 13.3 Å². The SMILES string of the molecule is CCCN(C)CC1CN(C)CCN1. The van der Waals surface area contributed by atoms with E-state index in [4.69, 9.17) is 0 Å². The van der Waals surface area contributed by atoms with Gasteiger partial charge in [-0.1, -0.05) is 6.92 Å². The summed E-state index contributed by atoms with van der Waals surface area (Å²) in [5, 5.41) is 3.56. The van der Waals surface area contributed by atoms with E-state index in [1.165, 1.54) is 32.6 Å². The van der Waals surface area contributed by atoms with Crippen LogP contribution in [0, 0.1) is 0 Å². The molecule has 0 aromatic rings. The second-order valence-electron chi connectivity index (χ2n) is 4.18. The van der Waals surface area contributed by atoms with Crippen LogP contribution >= 0.6 is 0 Å². The summed E-state index contributed by atoms with van der Waals surface area (Å²) in [5.41, 5.74) is 0. The largest absolute Gasteiger partial charge is 0.310 e. The van der Waals surface area contributed by atoms with E-state index >= 15 is 0 Å². The van der Waals surface area contributed by atoms with Crippen molar-refractivity contribution in [1.82, 2.24) is 15.1 Å². The van der Waals surface area contributed by atoms with E-state index in [0.717, 1.165) is 6.54 Å². The van der Waals surface area contributed by atoms with Gasteiger partial charge in [-0.15, -0.1) is 0 Å². The van der Waals surface area contributed by atoms with Crippen LogP contribution in [0.3, 0.4) is 0 Å². The monoisotopic (exact) mass is 185 g/mol. The van der Waals surface area contributed by atoms with Crippen LogP contribution in [-0.4, -0.2) is 62.7 Å². The zero-order valence-electron chi connectivity index (χ0n) is 9.21. The third-order valence-corrected chi connectivity index (χ3v) is 2.60. The van der Waals surface area contributed by atoms with Crippen molar-refractivity contribution in [2.75, 3.05) is 46.8 Å². The van der Waals surface area contributed by atoms with Gasteiger partial charge < -0.3 is 15.1 Å². The lowest BCUT2D eigenvalue weighted by molar-refractivity contribution is 0.195. The minimum Gasteiger partial charge on any atom is -0.310 e. The lowest BCUT2D eigenvalue weighted by atomic mass is 10.2. The Kier molecular flexibility index (Phi) is 4.70. The van der Waals surface area contributed by atoms with E-state index in [0.29, 0.717) is 6.04 Å². The first-order valence-electron chi connectivity index (χ1n) is 5.33. The van der Waals surface area contributed by atoms with Gasteiger partial charge in [-0.05, 0) is 27.1 Å². The first-order chi connectivity index (χ1) is 6.22. The molecule has 0 spiro atoms. The predicted molar refractivity (Wildman–Crippen MR) is 57.1 cm³/mol. The van der Waals surface area contributed by atoms with E-state index in [1.807, 2.05) is 0 Å². The Balaban J connectivity index is 2.19. The van der Waals surface area contributed by atoms with Crippen LogP contribution in [0.15, 0.2) is 0 Å². The van der Waals surface area contributed by atoms with Crippen LogP contribution < -0.4 is 5.32 Å². The molecule has 78 valence electrons. The van der Waals surface area contributed by atoms with E-state index in [2.05, 4.69) is 36.1 Å². The van der Waals surface area contributed by atoms with Gasteiger partial charge in [0.2, 0.25) is 0 Å². The number of likely N-dealkylation sites (N-methyl/N-ethyl adjacent to an activating group) is 2. The zero-order valence-corrected chi connectivity index (χ0v) is 9.21. The first-order valence-corrected chi connectivity index (χ1v) is 5.33. The van der Waals surface area contributed by atoms with Crippen molar-refractivity contribution < 1.29 is 0 Å². The van der Waals surface area contributed by atoms with E-state index in [9.17, 15) is 0 Å². The van der Waals surface area contributed by atoms with Crippen LogP contribution in [0.4, 0.5) is 0 Å². The van der Waals surface area contributed by atoms with Crippen molar-refractivity contribution >= 4 is 0 Å². The lowest BCUT2D eigenvalue weighted by Gasteiger charge is -2.33. The number of rotatable bonds is 4. The van der Waals surface area contributed by atoms with Gasteiger partial charge in [-0.25, -0.2) is 0 Å². The molecule has 1 fully saturated rings. The maximum atomic E-state index is 3.56. The van der Waals surface area contributed by atoms with Crippen LogP contribution in [0.25, 0.3) is 0 Å². The fourth-order valence-corrected chi connectivity index (χ4v) is 1.96. The minimum atomic E-state index is 0.662. The predicted octanol–water partition coefficient (Wildman–Crippen LogP) is 0.232. The van der Waals surface area contributed by atoms with Crippen molar-refractivity contribution in [3.8, 4) is 0 Å². The van der Waals surface area contributed by atoms with Gasteiger partial charge in [0.05, 0.1) is 0 Å². The van der Waals surface area contributed by atoms with E-state index in [1.54, 1.807) is 0 Å². The molecular formula is C10H23N3. The molecule has 3 nitrogen and oxygen atoms in total. The quantitative estimate of drug-likeness (QED) is 0.676. The average molecular weight is 185 g/mol. The molecule has 1 aliphatic rings. The van der Waals surface area contributed by atoms with Crippen molar-refractivity contribution in [3.63, 3.8) is 0 Å². The Morgan fingerprint density at radius 1 is 1.54 bits per heavy atom. The molecule has 3 heteroatoms. The van der Waals surface area contributed by atoms with E-state index < -0.39 is 0 Å². The fourth-order valence-electron chi connectivity index (χ4n) is 1.96. The number of hydrogen-bond donors (Lipinski definition) is 1. The van der Waals surface area contributed by atoms with Crippen molar-refractivity contribution in [2.45, 2.75) is 19.4 Å². The molecular weight excluding hydrogens is 162 g/mol. The summed E-state index contributed by atoms with van der Waals surface area (Å²) >= 11 is 0. The van der Waals surface area contributed by atoms with E-state index in [-0.39, 0.29) is 0 Å². The topological polar surface area (TPSA) is 18.5 Å². The number of nitrogens with one attached hydrogen (secondary N) is 1. The Morgan fingerprint density at radius 2 is 2.31 bits per heavy atom. The van der Waals surface area contributed by atoms with Gasteiger partial charge in [-0.3, -0.25) is 0 Å². The molecule has 0 aromatic carbocycles. The highest BCUT2D eigenvalue weighted by molar-refractivity contribution is 4.78. The Labute approximate surface area is 82.1 Å². The minimum absolute atomic E-state index is 0.662. The standard InChI is InChI=1S/C10H23N3/c1-4-6-12(2)8-10-9-13(3)7-5-11-10/h10-11H,4-9H2,1-3H3. The summed E-state index contributed by atoms with van der Waals surface area (Å²) in [6, 6.07) is 0.662. The second kappa shape index (κ2) is 5.58. The van der Waals surface area contributed by atoms with Crippen molar-refractivity contribution in [3.05, 3.63) is 0 Å². The van der Waals surface area contributed by atoms with Crippen molar-refractivity contribution in [1.29, 1.82) is 0 Å². The van der Waals surface area contributed by atoms with Crippen LogP contribution in [-0.2, 0) is 0 Å². The Morgan fingerprint density at radius 3 is 2.92 bits per heavy atom. The highest BCUT2D eigenvalue weighted by Crippen LogP contribution is 1.98. The molecule has 1 N–H and O–H groups in total. The summed E-state index contributed by atoms with van der Waals surface area (Å²) < 4.78 is 0. The molecule has 0 saturated carbocycles. The molecule has 0 aliphatic carbocycles. The van der Waals surface area contributed by atoms with Gasteiger partial charge in [0.15, 0.2) is 0 Å². The van der Waals surface area contributed by atoms with Crippen LogP contribution in [0.2, 0.25) is 0 Å². The smallest absolute Gasteiger partial charge is 0.0322 e. The molecule has 0 radical (unpaired) electrons. The first kappa shape index (κ1) is 11.0. The molecule has 13 heavy (non-hydrogen) atoms. The molecule has 1 unspecified atom stereocenters. The summed E-state index contributed by atoms with van der Waals surface area (Å²) in [6.07, 6.45) is 1.25. The average Bonchev–Trinajstić information content (AvgIpc) is 2.04. The van der Waals surface area contributed by atoms with Gasteiger partial charge in [-0.2, -0.15) is 0 Å². The zero-order chi connectivity index (χ0) is 9.68. The number of piperazine rings is 1. The lowest BCUT2D eigenvalue weighted by Crippen LogP contribution is -2.53. The highest BCUT2D eigenvalue weighted by Gasteiger charge is 2.17. The van der Waals surface area contributed by atoms with Gasteiger partial charge >= 0.3 is 0 Å². The molecule has 1 rings (SSSR count). The summed E-state index contributed by atoms with van der Waals surface area (Å²) in [7, 11) is 4.41. The molecule has 1 heterocycles. The third kappa shape index (κ3) is 4.07. The molecule has 0 amide bonds. The second-order valence-corrected chi connectivity index (χ2v) is 4.18. The third-order valence-electron chi connectivity index (χ3n) is 2.60. The molecule has 1 aliphatic heterocycles.